The quantitative estimate of drug-likeness (QED) is 0.296. The number of carbonyl (C=O) groups is 1. The summed E-state index contributed by atoms with van der Waals surface area (Å²) < 4.78 is 0. The molecule has 0 bridgehead atoms. The maximum absolute atomic E-state index is 10.1. The van der Waals surface area contributed by atoms with Gasteiger partial charge in [0.05, 0.1) is 6.61 Å². The molecule has 7 heteroatoms. The van der Waals surface area contributed by atoms with Gasteiger partial charge in [0.1, 0.15) is 18.3 Å². The van der Waals surface area contributed by atoms with Gasteiger partial charge in [0.2, 0.25) is 0 Å². The lowest BCUT2D eigenvalue weighted by Gasteiger charge is -2.23. The minimum absolute atomic E-state index is 0.843. The number of rotatable bonds is 6. The molecule has 0 aliphatic rings. The number of carboxylic acid groups (broad SMARTS) is 1. The molecule has 0 aromatic rings. The molecule has 0 rings (SSSR count). The Hall–Kier alpha value is -1.25. The zero-order chi connectivity index (χ0) is 14.0. The Kier molecular flexibility index (Phi) is 10.6. The summed E-state index contributed by atoms with van der Waals surface area (Å²) in [5.41, 5.74) is 0. The topological polar surface area (TPSA) is 138 Å². The molecule has 0 aliphatic heterocycles. The minimum atomic E-state index is -2.20. The fraction of sp³-hybridized carbons (Fsp3) is 0.500. The Balaban J connectivity index is 0. The van der Waals surface area contributed by atoms with Crippen LogP contribution in [-0.2, 0) is 4.79 Å². The van der Waals surface area contributed by atoms with Crippen LogP contribution in [0.1, 0.15) is 0 Å². The van der Waals surface area contributed by atoms with Gasteiger partial charge < -0.3 is 30.6 Å². The van der Waals surface area contributed by atoms with Crippen molar-refractivity contribution in [3.05, 3.63) is 25.3 Å². The molecule has 4 atom stereocenters. The standard InChI is InChI=1S/C6H12O7.C4H6/c7-1-2(8)3(9)4(10)5(11)6(12)13;1-3-4-2/h2-5,7-11H,1H2,(H,12,13);3-4H,1-2H2/t2-,3-,4+,5-;/m1./s1. The fourth-order valence-electron chi connectivity index (χ4n) is 0.668. The fourth-order valence-corrected chi connectivity index (χ4v) is 0.668. The van der Waals surface area contributed by atoms with Crippen molar-refractivity contribution in [3.8, 4) is 0 Å². The molecule has 0 saturated carbocycles. The first-order chi connectivity index (χ1) is 7.83. The summed E-state index contributed by atoms with van der Waals surface area (Å²) in [6.45, 7) is 5.88. The number of aliphatic carboxylic acids is 1. The van der Waals surface area contributed by atoms with Gasteiger partial charge in [-0.05, 0) is 0 Å². The highest BCUT2D eigenvalue weighted by Crippen LogP contribution is 2.04. The minimum Gasteiger partial charge on any atom is -0.479 e. The van der Waals surface area contributed by atoms with Gasteiger partial charge in [-0.3, -0.25) is 0 Å². The third-order valence-electron chi connectivity index (χ3n) is 1.67. The van der Waals surface area contributed by atoms with Gasteiger partial charge in [-0.25, -0.2) is 4.79 Å². The van der Waals surface area contributed by atoms with Gasteiger partial charge in [-0.2, -0.15) is 0 Å². The van der Waals surface area contributed by atoms with Gasteiger partial charge in [0.15, 0.2) is 6.10 Å². The van der Waals surface area contributed by atoms with E-state index in [0.29, 0.717) is 0 Å². The zero-order valence-corrected chi connectivity index (χ0v) is 9.18. The van der Waals surface area contributed by atoms with Crippen LogP contribution in [0.25, 0.3) is 0 Å². The Morgan fingerprint density at radius 3 is 1.71 bits per heavy atom. The molecule has 0 saturated heterocycles. The van der Waals surface area contributed by atoms with Crippen LogP contribution in [0.15, 0.2) is 25.3 Å². The Bertz CT molecular complexity index is 235. The summed E-state index contributed by atoms with van der Waals surface area (Å²) in [4.78, 5) is 10.1. The van der Waals surface area contributed by atoms with E-state index in [1.54, 1.807) is 12.2 Å². The molecule has 0 aromatic heterocycles. The zero-order valence-electron chi connectivity index (χ0n) is 9.18. The van der Waals surface area contributed by atoms with Gasteiger partial charge in [-0.1, -0.05) is 25.3 Å². The summed E-state index contributed by atoms with van der Waals surface area (Å²) in [7, 11) is 0. The molecule has 0 fully saturated rings. The number of allylic oxidation sites excluding steroid dienone is 2. The SMILES string of the molecule is C=CC=C.O=C(O)[C@H](O)[C@@H](O)[C@H](O)[C@H](O)CO. The van der Waals surface area contributed by atoms with Gasteiger partial charge in [-0.15, -0.1) is 0 Å². The highest BCUT2D eigenvalue weighted by Gasteiger charge is 2.33. The molecule has 0 spiro atoms. The van der Waals surface area contributed by atoms with Crippen molar-refractivity contribution in [1.29, 1.82) is 0 Å². The van der Waals surface area contributed by atoms with E-state index in [0.717, 1.165) is 0 Å². The normalized spacial score (nSPS) is 16.8. The van der Waals surface area contributed by atoms with E-state index in [-0.39, 0.29) is 0 Å². The Morgan fingerprint density at radius 1 is 1.06 bits per heavy atom. The van der Waals surface area contributed by atoms with Crippen LogP contribution in [0.3, 0.4) is 0 Å². The second-order valence-electron chi connectivity index (χ2n) is 2.99. The highest BCUT2D eigenvalue weighted by atomic mass is 16.4. The highest BCUT2D eigenvalue weighted by molar-refractivity contribution is 5.72. The van der Waals surface area contributed by atoms with E-state index >= 15 is 0 Å². The molecule has 0 aromatic carbocycles. The van der Waals surface area contributed by atoms with Crippen LogP contribution in [0.4, 0.5) is 0 Å². The first-order valence-electron chi connectivity index (χ1n) is 4.62. The molecular weight excluding hydrogens is 232 g/mol. The predicted octanol–water partition coefficient (Wildman–Crippen LogP) is -2.13. The smallest absolute Gasteiger partial charge is 0.335 e. The van der Waals surface area contributed by atoms with E-state index in [4.69, 9.17) is 30.6 Å². The maximum Gasteiger partial charge on any atom is 0.335 e. The summed E-state index contributed by atoms with van der Waals surface area (Å²) in [6, 6.07) is 0. The molecule has 17 heavy (non-hydrogen) atoms. The number of hydrogen-bond acceptors (Lipinski definition) is 6. The number of aliphatic hydroxyl groups excluding tert-OH is 5. The summed E-state index contributed by atoms with van der Waals surface area (Å²) in [5.74, 6) is -1.73. The second-order valence-corrected chi connectivity index (χ2v) is 2.99. The van der Waals surface area contributed by atoms with Crippen LogP contribution in [0.2, 0.25) is 0 Å². The van der Waals surface area contributed by atoms with Gasteiger partial charge in [0.25, 0.3) is 0 Å². The average Bonchev–Trinajstić information content (AvgIpc) is 2.34. The summed E-state index contributed by atoms with van der Waals surface area (Å²) >= 11 is 0. The monoisotopic (exact) mass is 250 g/mol. The molecule has 0 unspecified atom stereocenters. The van der Waals surface area contributed by atoms with Crippen molar-refractivity contribution >= 4 is 5.97 Å². The Labute approximate surface area is 98.6 Å². The maximum atomic E-state index is 10.1. The molecule has 6 N–H and O–H groups in total. The van der Waals surface area contributed by atoms with Crippen molar-refractivity contribution in [1.82, 2.24) is 0 Å². The molecule has 0 radical (unpaired) electrons. The van der Waals surface area contributed by atoms with E-state index < -0.39 is 37.0 Å². The van der Waals surface area contributed by atoms with Gasteiger partial charge >= 0.3 is 5.97 Å². The van der Waals surface area contributed by atoms with E-state index in [9.17, 15) is 4.79 Å². The lowest BCUT2D eigenvalue weighted by atomic mass is 10.0. The van der Waals surface area contributed by atoms with Gasteiger partial charge in [0, 0.05) is 0 Å². The number of aliphatic hydroxyl groups is 5. The second kappa shape index (κ2) is 9.94. The van der Waals surface area contributed by atoms with E-state index in [1.807, 2.05) is 0 Å². The molecule has 100 valence electrons. The number of carboxylic acids is 1. The predicted molar refractivity (Wildman–Crippen MR) is 59.1 cm³/mol. The average molecular weight is 250 g/mol. The third kappa shape index (κ3) is 7.61. The van der Waals surface area contributed by atoms with Crippen molar-refractivity contribution < 1.29 is 35.4 Å². The van der Waals surface area contributed by atoms with Crippen molar-refractivity contribution in [2.75, 3.05) is 6.61 Å². The third-order valence-corrected chi connectivity index (χ3v) is 1.67. The Morgan fingerprint density at radius 2 is 1.47 bits per heavy atom. The molecule has 0 aliphatic carbocycles. The first-order valence-corrected chi connectivity index (χ1v) is 4.62. The van der Waals surface area contributed by atoms with Crippen LogP contribution in [-0.4, -0.2) is 67.6 Å². The molecule has 0 amide bonds. The van der Waals surface area contributed by atoms with Crippen molar-refractivity contribution in [2.45, 2.75) is 24.4 Å². The number of hydrogen-bond donors (Lipinski definition) is 6. The lowest BCUT2D eigenvalue weighted by molar-refractivity contribution is -0.164. The molecule has 0 heterocycles. The summed E-state index contributed by atoms with van der Waals surface area (Å²) in [5, 5.41) is 51.8. The largest absolute Gasteiger partial charge is 0.479 e. The van der Waals surface area contributed by atoms with Crippen LogP contribution >= 0.6 is 0 Å². The lowest BCUT2D eigenvalue weighted by Crippen LogP contribution is -2.48. The van der Waals surface area contributed by atoms with Crippen molar-refractivity contribution in [2.24, 2.45) is 0 Å². The van der Waals surface area contributed by atoms with E-state index in [1.165, 1.54) is 0 Å². The first kappa shape index (κ1) is 18.1. The van der Waals surface area contributed by atoms with Crippen LogP contribution in [0, 0.1) is 0 Å². The van der Waals surface area contributed by atoms with E-state index in [2.05, 4.69) is 13.2 Å². The van der Waals surface area contributed by atoms with Crippen molar-refractivity contribution in [3.63, 3.8) is 0 Å². The van der Waals surface area contributed by atoms with Crippen LogP contribution < -0.4 is 0 Å². The molecule has 7 nitrogen and oxygen atoms in total. The van der Waals surface area contributed by atoms with Crippen LogP contribution in [0.5, 0.6) is 0 Å². The summed E-state index contributed by atoms with van der Waals surface area (Å²) in [6.07, 6.45) is -4.56. The molecular formula is C10H18O7.